The Labute approximate surface area is 166 Å². The van der Waals surface area contributed by atoms with Gasteiger partial charge in [0.25, 0.3) is 11.8 Å². The summed E-state index contributed by atoms with van der Waals surface area (Å²) in [6, 6.07) is 4.02. The van der Waals surface area contributed by atoms with Gasteiger partial charge in [-0.1, -0.05) is 6.07 Å². The number of nitrogens with zero attached hydrogens (tertiary/aromatic N) is 3. The molecule has 0 saturated carbocycles. The Morgan fingerprint density at radius 2 is 1.79 bits per heavy atom. The fourth-order valence-electron chi connectivity index (χ4n) is 4.02. The third kappa shape index (κ3) is 3.10. The van der Waals surface area contributed by atoms with E-state index < -0.39 is 35.8 Å². The predicted molar refractivity (Wildman–Crippen MR) is 99.3 cm³/mol. The van der Waals surface area contributed by atoms with Crippen LogP contribution in [0.4, 0.5) is 10.5 Å². The maximum Gasteiger partial charge on any atom is 0.409 e. The summed E-state index contributed by atoms with van der Waals surface area (Å²) in [5.74, 6) is -2.11. The van der Waals surface area contributed by atoms with Crippen LogP contribution in [0.15, 0.2) is 18.2 Å². The van der Waals surface area contributed by atoms with Crippen LogP contribution in [-0.2, 0) is 14.3 Å². The summed E-state index contributed by atoms with van der Waals surface area (Å²) in [6.45, 7) is 1.81. The number of hydrogen-bond acceptors (Lipinski definition) is 7. The Kier molecular flexibility index (Phi) is 4.69. The van der Waals surface area contributed by atoms with Crippen LogP contribution < -0.4 is 10.2 Å². The zero-order valence-corrected chi connectivity index (χ0v) is 15.8. The van der Waals surface area contributed by atoms with Crippen molar-refractivity contribution in [2.45, 2.75) is 18.9 Å². The number of rotatable bonds is 2. The molecule has 1 aromatic rings. The van der Waals surface area contributed by atoms with Gasteiger partial charge in [0.05, 0.1) is 23.9 Å². The molecule has 4 rings (SSSR count). The highest BCUT2D eigenvalue weighted by molar-refractivity contribution is 6.25. The second-order valence-electron chi connectivity index (χ2n) is 7.09. The van der Waals surface area contributed by atoms with Gasteiger partial charge in [-0.25, -0.2) is 4.79 Å². The Morgan fingerprint density at radius 1 is 1.07 bits per heavy atom. The van der Waals surface area contributed by atoms with Gasteiger partial charge in [-0.3, -0.25) is 29.4 Å². The van der Waals surface area contributed by atoms with Crippen LogP contribution in [0.3, 0.4) is 0 Å². The molecule has 0 aromatic heterocycles. The maximum atomic E-state index is 13.1. The standard InChI is InChI=1S/C19H20N4O6/c1-29-19(28)22-9-7-21(8-10-22)12-4-2-3-11-15(12)18(27)23(17(11)26)13-5-6-14(24)20-16(13)25/h2-4,13H,5-10H2,1H3,(H,20,24,25). The van der Waals surface area contributed by atoms with E-state index in [1.165, 1.54) is 7.11 Å². The van der Waals surface area contributed by atoms with Gasteiger partial charge in [0.2, 0.25) is 11.8 Å². The minimum absolute atomic E-state index is 0.0756. The van der Waals surface area contributed by atoms with Crippen LogP contribution in [0.5, 0.6) is 0 Å². The third-order valence-corrected chi connectivity index (χ3v) is 5.50. The highest BCUT2D eigenvalue weighted by Gasteiger charge is 2.46. The molecule has 1 unspecified atom stereocenters. The van der Waals surface area contributed by atoms with Crippen molar-refractivity contribution in [3.05, 3.63) is 29.3 Å². The number of anilines is 1. The van der Waals surface area contributed by atoms with E-state index in [1.807, 2.05) is 4.90 Å². The van der Waals surface area contributed by atoms with Crippen molar-refractivity contribution in [2.24, 2.45) is 0 Å². The molecule has 3 heterocycles. The lowest BCUT2D eigenvalue weighted by Gasteiger charge is -2.36. The molecule has 2 fully saturated rings. The molecule has 1 atom stereocenters. The zero-order chi connectivity index (χ0) is 20.7. The van der Waals surface area contributed by atoms with Gasteiger partial charge in [0.1, 0.15) is 6.04 Å². The summed E-state index contributed by atoms with van der Waals surface area (Å²) in [6.07, 6.45) is -0.215. The van der Waals surface area contributed by atoms with Gasteiger partial charge >= 0.3 is 6.09 Å². The van der Waals surface area contributed by atoms with Gasteiger partial charge < -0.3 is 14.5 Å². The lowest BCUT2D eigenvalue weighted by atomic mass is 10.0. The number of amides is 5. The lowest BCUT2D eigenvalue weighted by Crippen LogP contribution is -2.54. The molecule has 1 aromatic carbocycles. The Balaban J connectivity index is 1.60. The minimum Gasteiger partial charge on any atom is -0.453 e. The Hall–Kier alpha value is -3.43. The number of nitrogens with one attached hydrogen (secondary N) is 1. The largest absolute Gasteiger partial charge is 0.453 e. The normalized spacial score (nSPS) is 22.0. The number of piperidine rings is 1. The van der Waals surface area contributed by atoms with E-state index >= 15 is 0 Å². The molecule has 0 spiro atoms. The van der Waals surface area contributed by atoms with E-state index in [1.54, 1.807) is 23.1 Å². The molecular formula is C19H20N4O6. The average Bonchev–Trinajstić information content (AvgIpc) is 2.98. The van der Waals surface area contributed by atoms with Crippen molar-refractivity contribution in [2.75, 3.05) is 38.2 Å². The summed E-state index contributed by atoms with van der Waals surface area (Å²) >= 11 is 0. The molecule has 3 aliphatic rings. The first-order valence-corrected chi connectivity index (χ1v) is 9.35. The smallest absolute Gasteiger partial charge is 0.409 e. The zero-order valence-electron chi connectivity index (χ0n) is 15.8. The highest BCUT2D eigenvalue weighted by atomic mass is 16.5. The third-order valence-electron chi connectivity index (χ3n) is 5.50. The highest BCUT2D eigenvalue weighted by Crippen LogP contribution is 2.34. The summed E-state index contributed by atoms with van der Waals surface area (Å²) in [7, 11) is 1.33. The first kappa shape index (κ1) is 18.9. The van der Waals surface area contributed by atoms with E-state index in [2.05, 4.69) is 5.32 Å². The lowest BCUT2D eigenvalue weighted by molar-refractivity contribution is -0.136. The molecule has 5 amide bonds. The van der Waals surface area contributed by atoms with Crippen molar-refractivity contribution < 1.29 is 28.7 Å². The van der Waals surface area contributed by atoms with Crippen molar-refractivity contribution >= 4 is 35.4 Å². The van der Waals surface area contributed by atoms with Gasteiger partial charge in [0, 0.05) is 32.6 Å². The molecule has 1 N–H and O–H groups in total. The van der Waals surface area contributed by atoms with Crippen molar-refractivity contribution in [3.8, 4) is 0 Å². The van der Waals surface area contributed by atoms with Crippen molar-refractivity contribution in [3.63, 3.8) is 0 Å². The fraction of sp³-hybridized carbons (Fsp3) is 0.421. The molecule has 3 aliphatic heterocycles. The quantitative estimate of drug-likeness (QED) is 0.693. The number of fused-ring (bicyclic) bond motifs is 1. The number of piperazine rings is 1. The number of benzene rings is 1. The second-order valence-corrected chi connectivity index (χ2v) is 7.09. The summed E-state index contributed by atoms with van der Waals surface area (Å²) in [5.41, 5.74) is 1.10. The van der Waals surface area contributed by atoms with Crippen LogP contribution in [0, 0.1) is 0 Å². The summed E-state index contributed by atoms with van der Waals surface area (Å²) in [5, 5.41) is 2.19. The first-order valence-electron chi connectivity index (χ1n) is 9.35. The minimum atomic E-state index is -0.996. The number of ether oxygens (including phenoxy) is 1. The molecule has 0 radical (unpaired) electrons. The average molecular weight is 400 g/mol. The molecule has 10 nitrogen and oxygen atoms in total. The van der Waals surface area contributed by atoms with E-state index in [0.717, 1.165) is 4.90 Å². The SMILES string of the molecule is COC(=O)N1CCN(c2cccc3c2C(=O)N(C2CCC(=O)NC2=O)C3=O)CC1. The van der Waals surface area contributed by atoms with Crippen LogP contribution in [-0.4, -0.2) is 78.9 Å². The van der Waals surface area contributed by atoms with E-state index in [0.29, 0.717) is 31.9 Å². The topological polar surface area (TPSA) is 116 Å². The van der Waals surface area contributed by atoms with Crippen LogP contribution >= 0.6 is 0 Å². The molecule has 0 bridgehead atoms. The van der Waals surface area contributed by atoms with Crippen LogP contribution in [0.1, 0.15) is 33.6 Å². The predicted octanol–water partition coefficient (Wildman–Crippen LogP) is -0.0238. The molecule has 0 aliphatic carbocycles. The number of imide groups is 2. The summed E-state index contributed by atoms with van der Waals surface area (Å²) < 4.78 is 4.74. The van der Waals surface area contributed by atoms with Crippen LogP contribution in [0.25, 0.3) is 0 Å². The summed E-state index contributed by atoms with van der Waals surface area (Å²) in [4.78, 5) is 65.8. The number of hydrogen-bond donors (Lipinski definition) is 1. The van der Waals surface area contributed by atoms with Crippen molar-refractivity contribution in [1.29, 1.82) is 0 Å². The first-order chi connectivity index (χ1) is 13.9. The number of carbonyl (C=O) groups is 5. The molecular weight excluding hydrogens is 380 g/mol. The monoisotopic (exact) mass is 400 g/mol. The molecule has 152 valence electrons. The van der Waals surface area contributed by atoms with Gasteiger partial charge in [-0.2, -0.15) is 0 Å². The van der Waals surface area contributed by atoms with E-state index in [4.69, 9.17) is 4.74 Å². The van der Waals surface area contributed by atoms with Crippen molar-refractivity contribution in [1.82, 2.24) is 15.1 Å². The number of methoxy groups -OCH3 is 1. The fourth-order valence-corrected chi connectivity index (χ4v) is 4.02. The molecule has 29 heavy (non-hydrogen) atoms. The number of carbonyl (C=O) groups excluding carboxylic acids is 5. The second kappa shape index (κ2) is 7.19. The van der Waals surface area contributed by atoms with E-state index in [9.17, 15) is 24.0 Å². The van der Waals surface area contributed by atoms with E-state index in [-0.39, 0.29) is 24.0 Å². The Bertz CT molecular complexity index is 921. The molecule has 10 heteroatoms. The van der Waals surface area contributed by atoms with Gasteiger partial charge in [-0.15, -0.1) is 0 Å². The Morgan fingerprint density at radius 3 is 2.45 bits per heavy atom. The van der Waals surface area contributed by atoms with Gasteiger partial charge in [-0.05, 0) is 18.6 Å². The van der Waals surface area contributed by atoms with Crippen LogP contribution in [0.2, 0.25) is 0 Å². The molecule has 2 saturated heterocycles. The van der Waals surface area contributed by atoms with Gasteiger partial charge in [0.15, 0.2) is 0 Å². The maximum absolute atomic E-state index is 13.1.